The smallest absolute Gasteiger partial charge is 0.229 e. The van der Waals surface area contributed by atoms with E-state index in [1.807, 2.05) is 41.8 Å². The van der Waals surface area contributed by atoms with E-state index >= 15 is 0 Å². The van der Waals surface area contributed by atoms with Crippen molar-refractivity contribution < 1.29 is 4.74 Å². The molecule has 3 aromatic heterocycles. The second-order valence-corrected chi connectivity index (χ2v) is 7.68. The van der Waals surface area contributed by atoms with Gasteiger partial charge in [-0.15, -0.1) is 0 Å². The summed E-state index contributed by atoms with van der Waals surface area (Å²) in [5, 5.41) is 4.41. The van der Waals surface area contributed by atoms with Crippen LogP contribution in [0.15, 0.2) is 53.9 Å². The molecule has 1 N–H and O–H groups in total. The number of imidazole rings is 1. The summed E-state index contributed by atoms with van der Waals surface area (Å²) in [5.74, 6) is 1.92. The van der Waals surface area contributed by atoms with E-state index in [1.165, 1.54) is 5.56 Å². The van der Waals surface area contributed by atoms with Crippen molar-refractivity contribution in [2.45, 2.75) is 13.8 Å². The summed E-state index contributed by atoms with van der Waals surface area (Å²) in [6, 6.07) is 14.0. The van der Waals surface area contributed by atoms with E-state index in [-0.39, 0.29) is 0 Å². The zero-order valence-corrected chi connectivity index (χ0v) is 18.1. The highest BCUT2D eigenvalue weighted by atomic mass is 16.5. The maximum Gasteiger partial charge on any atom is 0.229 e. The summed E-state index contributed by atoms with van der Waals surface area (Å²) in [6.45, 7) is 6.77. The van der Waals surface area contributed by atoms with Crippen LogP contribution in [0.5, 0.6) is 0 Å². The number of aryl methyl sites for hydroxylation is 2. The van der Waals surface area contributed by atoms with Gasteiger partial charge in [0.2, 0.25) is 5.95 Å². The Morgan fingerprint density at radius 1 is 1.03 bits per heavy atom. The molecule has 9 nitrogen and oxygen atoms in total. The van der Waals surface area contributed by atoms with Crippen LogP contribution in [-0.2, 0) is 4.74 Å². The Hall–Kier alpha value is -3.85. The predicted octanol–water partition coefficient (Wildman–Crippen LogP) is 3.11. The molecular formula is C23H24N8O. The number of morpholine rings is 1. The van der Waals surface area contributed by atoms with Crippen LogP contribution in [0.25, 0.3) is 17.0 Å². The van der Waals surface area contributed by atoms with Gasteiger partial charge in [-0.05, 0) is 31.5 Å². The van der Waals surface area contributed by atoms with Gasteiger partial charge in [-0.1, -0.05) is 35.9 Å². The molecule has 162 valence electrons. The number of benzene rings is 1. The monoisotopic (exact) mass is 428 g/mol. The van der Waals surface area contributed by atoms with Crippen molar-refractivity contribution in [3.63, 3.8) is 0 Å². The van der Waals surface area contributed by atoms with E-state index < -0.39 is 0 Å². The molecule has 4 aromatic rings. The molecule has 0 unspecified atom stereocenters. The zero-order valence-electron chi connectivity index (χ0n) is 18.1. The Kier molecular flexibility index (Phi) is 5.47. The van der Waals surface area contributed by atoms with Gasteiger partial charge < -0.3 is 9.64 Å². The molecule has 1 aromatic carbocycles. The molecule has 1 fully saturated rings. The van der Waals surface area contributed by atoms with Crippen molar-refractivity contribution in [1.29, 1.82) is 0 Å². The van der Waals surface area contributed by atoms with E-state index in [1.54, 1.807) is 12.5 Å². The van der Waals surface area contributed by atoms with Gasteiger partial charge in [0.05, 0.1) is 19.4 Å². The maximum absolute atomic E-state index is 5.49. The normalized spacial score (nSPS) is 14.4. The molecule has 32 heavy (non-hydrogen) atoms. The lowest BCUT2D eigenvalue weighted by Gasteiger charge is -2.27. The average Bonchev–Trinajstić information content (AvgIpc) is 3.24. The van der Waals surface area contributed by atoms with Crippen LogP contribution >= 0.6 is 0 Å². The van der Waals surface area contributed by atoms with Crippen LogP contribution in [0.2, 0.25) is 0 Å². The molecule has 1 saturated heterocycles. The van der Waals surface area contributed by atoms with E-state index in [0.29, 0.717) is 36.1 Å². The number of nitrogens with zero attached hydrogens (tertiary/aromatic N) is 7. The number of rotatable bonds is 5. The SMILES string of the molecule is Cc1cccc(/C=N/Nc2nc(N3CCOCC3)nc3c2ncn3-c2cccc(C)n2)c1. The maximum atomic E-state index is 5.49. The molecule has 4 heterocycles. The highest BCUT2D eigenvalue weighted by molar-refractivity contribution is 5.86. The van der Waals surface area contributed by atoms with Gasteiger partial charge in [0, 0.05) is 18.8 Å². The topological polar surface area (TPSA) is 93.4 Å². The van der Waals surface area contributed by atoms with Gasteiger partial charge in [-0.25, -0.2) is 9.97 Å². The van der Waals surface area contributed by atoms with Gasteiger partial charge >= 0.3 is 0 Å². The Morgan fingerprint density at radius 3 is 2.69 bits per heavy atom. The summed E-state index contributed by atoms with van der Waals surface area (Å²) in [7, 11) is 0. The van der Waals surface area contributed by atoms with Crippen LogP contribution in [0.4, 0.5) is 11.8 Å². The van der Waals surface area contributed by atoms with Crippen molar-refractivity contribution in [2.24, 2.45) is 5.10 Å². The Morgan fingerprint density at radius 2 is 1.88 bits per heavy atom. The highest BCUT2D eigenvalue weighted by Gasteiger charge is 2.20. The molecule has 0 spiro atoms. The number of ether oxygens (including phenoxy) is 1. The summed E-state index contributed by atoms with van der Waals surface area (Å²) < 4.78 is 7.37. The first-order valence-corrected chi connectivity index (χ1v) is 10.5. The van der Waals surface area contributed by atoms with Crippen molar-refractivity contribution in [1.82, 2.24) is 24.5 Å². The molecule has 0 amide bonds. The van der Waals surface area contributed by atoms with Crippen LogP contribution < -0.4 is 10.3 Å². The Labute approximate surface area is 185 Å². The molecule has 1 aliphatic rings. The third-order valence-corrected chi connectivity index (χ3v) is 5.22. The van der Waals surface area contributed by atoms with E-state index in [2.05, 4.69) is 44.5 Å². The molecule has 0 radical (unpaired) electrons. The number of nitrogens with one attached hydrogen (secondary N) is 1. The van der Waals surface area contributed by atoms with Crippen molar-refractivity contribution in [3.8, 4) is 5.82 Å². The number of hydrazone groups is 1. The first-order valence-electron chi connectivity index (χ1n) is 10.5. The molecule has 0 bridgehead atoms. The molecule has 5 rings (SSSR count). The molecular weight excluding hydrogens is 404 g/mol. The van der Waals surface area contributed by atoms with Gasteiger partial charge in [-0.3, -0.25) is 9.99 Å². The summed E-state index contributed by atoms with van der Waals surface area (Å²) in [4.78, 5) is 20.9. The van der Waals surface area contributed by atoms with Gasteiger partial charge in [-0.2, -0.15) is 15.1 Å². The van der Waals surface area contributed by atoms with Gasteiger partial charge in [0.15, 0.2) is 17.0 Å². The van der Waals surface area contributed by atoms with E-state index in [9.17, 15) is 0 Å². The largest absolute Gasteiger partial charge is 0.378 e. The fourth-order valence-corrected chi connectivity index (χ4v) is 3.62. The standard InChI is InChI=1S/C23H24N8O/c1-16-5-3-7-18(13-16)14-25-29-21-20-22(28-23(27-21)30-9-11-32-12-10-30)31(15-24-20)19-8-4-6-17(2)26-19/h3-8,13-15H,9-12H2,1-2H3,(H,27,28,29)/b25-14+. The molecule has 1 aliphatic heterocycles. The summed E-state index contributed by atoms with van der Waals surface area (Å²) >= 11 is 0. The van der Waals surface area contributed by atoms with Crippen LogP contribution in [0, 0.1) is 13.8 Å². The number of hydrogen-bond acceptors (Lipinski definition) is 8. The molecule has 0 saturated carbocycles. The zero-order chi connectivity index (χ0) is 21.9. The number of aromatic nitrogens is 5. The number of anilines is 2. The van der Waals surface area contributed by atoms with Crippen molar-refractivity contribution in [3.05, 3.63) is 65.6 Å². The van der Waals surface area contributed by atoms with E-state index in [4.69, 9.17) is 14.7 Å². The van der Waals surface area contributed by atoms with Crippen LogP contribution in [0.1, 0.15) is 16.8 Å². The third kappa shape index (κ3) is 4.15. The number of fused-ring (bicyclic) bond motifs is 1. The van der Waals surface area contributed by atoms with Crippen LogP contribution in [0.3, 0.4) is 0 Å². The molecule has 9 heteroatoms. The minimum absolute atomic E-state index is 0.548. The second-order valence-electron chi connectivity index (χ2n) is 7.68. The lowest BCUT2D eigenvalue weighted by Crippen LogP contribution is -2.37. The lowest BCUT2D eigenvalue weighted by molar-refractivity contribution is 0.122. The minimum Gasteiger partial charge on any atom is -0.378 e. The minimum atomic E-state index is 0.548. The third-order valence-electron chi connectivity index (χ3n) is 5.22. The highest BCUT2D eigenvalue weighted by Crippen LogP contribution is 2.25. The summed E-state index contributed by atoms with van der Waals surface area (Å²) in [6.07, 6.45) is 3.49. The number of pyridine rings is 1. The average molecular weight is 429 g/mol. The van der Waals surface area contributed by atoms with Crippen molar-refractivity contribution in [2.75, 3.05) is 36.6 Å². The quantitative estimate of drug-likeness (QED) is 0.386. The molecule has 0 atom stereocenters. The van der Waals surface area contributed by atoms with Gasteiger partial charge in [0.1, 0.15) is 12.1 Å². The Balaban J connectivity index is 1.55. The predicted molar refractivity (Wildman–Crippen MR) is 125 cm³/mol. The fourth-order valence-electron chi connectivity index (χ4n) is 3.62. The fraction of sp³-hybridized carbons (Fsp3) is 0.261. The number of hydrogen-bond donors (Lipinski definition) is 1. The Bertz CT molecular complexity index is 1280. The first kappa shape index (κ1) is 20.1. The summed E-state index contributed by atoms with van der Waals surface area (Å²) in [5.41, 5.74) is 7.49. The first-order chi connectivity index (χ1) is 15.7. The lowest BCUT2D eigenvalue weighted by atomic mass is 10.2. The van der Waals surface area contributed by atoms with E-state index in [0.717, 1.165) is 30.2 Å². The molecule has 0 aliphatic carbocycles. The van der Waals surface area contributed by atoms with Gasteiger partial charge in [0.25, 0.3) is 0 Å². The van der Waals surface area contributed by atoms with Crippen LogP contribution in [-0.4, -0.2) is 57.0 Å². The second kappa shape index (κ2) is 8.72. The van der Waals surface area contributed by atoms with Crippen molar-refractivity contribution >= 4 is 29.1 Å².